The standard InChI is InChI=1S/C14H28N4O3/c1-3-5-6-7-11(14(16)21)17-12(19)10-18(9-8-15)13(20)4-2/h11H,3-10,15H2,1-2H3,(H2,16,21)(H,17,19)/t11-/m0/s1. The third kappa shape index (κ3) is 8.29. The molecule has 7 nitrogen and oxygen atoms in total. The van der Waals surface area contributed by atoms with Crippen LogP contribution in [0.3, 0.4) is 0 Å². The molecule has 0 bridgehead atoms. The Labute approximate surface area is 126 Å². The van der Waals surface area contributed by atoms with Crippen molar-refractivity contribution < 1.29 is 14.4 Å². The maximum Gasteiger partial charge on any atom is 0.240 e. The largest absolute Gasteiger partial charge is 0.368 e. The predicted octanol–water partition coefficient (Wildman–Crippen LogP) is -0.266. The highest BCUT2D eigenvalue weighted by Crippen LogP contribution is 2.03. The molecule has 0 saturated heterocycles. The molecule has 0 aromatic carbocycles. The SMILES string of the molecule is CCCCC[C@H](NC(=O)CN(CCN)C(=O)CC)C(N)=O. The molecule has 0 radical (unpaired) electrons. The molecule has 0 fully saturated rings. The summed E-state index contributed by atoms with van der Waals surface area (Å²) in [6.07, 6.45) is 3.66. The van der Waals surface area contributed by atoms with Crippen LogP contribution in [0.2, 0.25) is 0 Å². The van der Waals surface area contributed by atoms with Gasteiger partial charge in [0.15, 0.2) is 0 Å². The molecular weight excluding hydrogens is 272 g/mol. The van der Waals surface area contributed by atoms with Crippen LogP contribution in [0.4, 0.5) is 0 Å². The van der Waals surface area contributed by atoms with Crippen LogP contribution in [0.5, 0.6) is 0 Å². The van der Waals surface area contributed by atoms with Gasteiger partial charge in [0.1, 0.15) is 6.04 Å². The van der Waals surface area contributed by atoms with Crippen LogP contribution in [-0.4, -0.2) is 48.3 Å². The van der Waals surface area contributed by atoms with Gasteiger partial charge in [0.05, 0.1) is 6.54 Å². The quantitative estimate of drug-likeness (QED) is 0.455. The molecule has 1 atom stereocenters. The van der Waals surface area contributed by atoms with Gasteiger partial charge >= 0.3 is 0 Å². The van der Waals surface area contributed by atoms with Gasteiger partial charge in [-0.1, -0.05) is 33.1 Å². The van der Waals surface area contributed by atoms with Crippen molar-refractivity contribution in [3.63, 3.8) is 0 Å². The Kier molecular flexibility index (Phi) is 10.2. The first kappa shape index (κ1) is 19.4. The summed E-state index contributed by atoms with van der Waals surface area (Å²) in [7, 11) is 0. The maximum absolute atomic E-state index is 11.9. The summed E-state index contributed by atoms with van der Waals surface area (Å²) in [5, 5.41) is 2.60. The lowest BCUT2D eigenvalue weighted by Crippen LogP contribution is -2.49. The highest BCUT2D eigenvalue weighted by Gasteiger charge is 2.20. The number of carbonyl (C=O) groups excluding carboxylic acids is 3. The normalized spacial score (nSPS) is 11.8. The molecule has 0 heterocycles. The highest BCUT2D eigenvalue weighted by molar-refractivity contribution is 5.89. The maximum atomic E-state index is 11.9. The average Bonchev–Trinajstić information content (AvgIpc) is 2.44. The highest BCUT2D eigenvalue weighted by atomic mass is 16.2. The molecule has 7 heteroatoms. The number of rotatable bonds is 11. The molecule has 0 spiro atoms. The number of nitrogens with two attached hydrogens (primary N) is 2. The molecule has 0 aliphatic carbocycles. The van der Waals surface area contributed by atoms with Crippen LogP contribution in [0.25, 0.3) is 0 Å². The Bertz CT molecular complexity index is 347. The number of hydrogen-bond donors (Lipinski definition) is 3. The van der Waals surface area contributed by atoms with E-state index in [9.17, 15) is 14.4 Å². The smallest absolute Gasteiger partial charge is 0.240 e. The lowest BCUT2D eigenvalue weighted by Gasteiger charge is -2.22. The van der Waals surface area contributed by atoms with E-state index >= 15 is 0 Å². The third-order valence-electron chi connectivity index (χ3n) is 3.16. The van der Waals surface area contributed by atoms with Gasteiger partial charge in [0, 0.05) is 19.5 Å². The molecule has 122 valence electrons. The Morgan fingerprint density at radius 3 is 2.33 bits per heavy atom. The zero-order chi connectivity index (χ0) is 16.3. The van der Waals surface area contributed by atoms with E-state index in [1.165, 1.54) is 4.90 Å². The van der Waals surface area contributed by atoms with Crippen molar-refractivity contribution in [3.8, 4) is 0 Å². The number of nitrogens with one attached hydrogen (secondary N) is 1. The van der Waals surface area contributed by atoms with Gasteiger partial charge in [-0.3, -0.25) is 14.4 Å². The van der Waals surface area contributed by atoms with E-state index in [2.05, 4.69) is 12.2 Å². The number of unbranched alkanes of at least 4 members (excludes halogenated alkanes) is 2. The van der Waals surface area contributed by atoms with Crippen molar-refractivity contribution >= 4 is 17.7 Å². The van der Waals surface area contributed by atoms with Gasteiger partial charge < -0.3 is 21.7 Å². The molecule has 21 heavy (non-hydrogen) atoms. The van der Waals surface area contributed by atoms with Crippen LogP contribution in [0.15, 0.2) is 0 Å². The van der Waals surface area contributed by atoms with Gasteiger partial charge in [-0.05, 0) is 6.42 Å². The molecule has 0 unspecified atom stereocenters. The fourth-order valence-electron chi connectivity index (χ4n) is 1.97. The van der Waals surface area contributed by atoms with Crippen molar-refractivity contribution in [1.82, 2.24) is 10.2 Å². The van der Waals surface area contributed by atoms with Crippen molar-refractivity contribution in [2.75, 3.05) is 19.6 Å². The number of amides is 3. The second kappa shape index (κ2) is 11.1. The number of carbonyl (C=O) groups is 3. The number of primary amides is 1. The zero-order valence-corrected chi connectivity index (χ0v) is 13.1. The second-order valence-corrected chi connectivity index (χ2v) is 4.98. The summed E-state index contributed by atoms with van der Waals surface area (Å²) in [6, 6.07) is -0.680. The van der Waals surface area contributed by atoms with E-state index < -0.39 is 11.9 Å². The molecule has 3 amide bonds. The fraction of sp³-hybridized carbons (Fsp3) is 0.786. The lowest BCUT2D eigenvalue weighted by molar-refractivity contribution is -0.136. The Balaban J connectivity index is 4.45. The topological polar surface area (TPSA) is 119 Å². The van der Waals surface area contributed by atoms with Gasteiger partial charge in [-0.25, -0.2) is 0 Å². The fourth-order valence-corrected chi connectivity index (χ4v) is 1.97. The minimum Gasteiger partial charge on any atom is -0.368 e. The number of hydrogen-bond acceptors (Lipinski definition) is 4. The Hall–Kier alpha value is -1.63. The molecule has 0 rings (SSSR count). The van der Waals surface area contributed by atoms with E-state index in [0.29, 0.717) is 19.4 Å². The molecular formula is C14H28N4O3. The summed E-state index contributed by atoms with van der Waals surface area (Å²) in [5.41, 5.74) is 10.7. The molecule has 5 N–H and O–H groups in total. The summed E-state index contributed by atoms with van der Waals surface area (Å²) in [4.78, 5) is 36.3. The molecule has 0 aromatic heterocycles. The summed E-state index contributed by atoms with van der Waals surface area (Å²) in [6.45, 7) is 4.28. The van der Waals surface area contributed by atoms with E-state index in [0.717, 1.165) is 19.3 Å². The Morgan fingerprint density at radius 2 is 1.86 bits per heavy atom. The first-order valence-electron chi connectivity index (χ1n) is 7.52. The minimum atomic E-state index is -0.680. The van der Waals surface area contributed by atoms with E-state index in [1.807, 2.05) is 0 Å². The van der Waals surface area contributed by atoms with Crippen LogP contribution >= 0.6 is 0 Å². The van der Waals surface area contributed by atoms with Crippen molar-refractivity contribution in [1.29, 1.82) is 0 Å². The predicted molar refractivity (Wildman–Crippen MR) is 81.2 cm³/mol. The van der Waals surface area contributed by atoms with Crippen molar-refractivity contribution in [2.45, 2.75) is 52.0 Å². The third-order valence-corrected chi connectivity index (χ3v) is 3.16. The van der Waals surface area contributed by atoms with E-state index in [-0.39, 0.29) is 24.9 Å². The second-order valence-electron chi connectivity index (χ2n) is 4.98. The van der Waals surface area contributed by atoms with Crippen LogP contribution in [0, 0.1) is 0 Å². The van der Waals surface area contributed by atoms with Gasteiger partial charge in [0.2, 0.25) is 17.7 Å². The van der Waals surface area contributed by atoms with E-state index in [1.54, 1.807) is 6.92 Å². The molecule has 0 aromatic rings. The monoisotopic (exact) mass is 300 g/mol. The van der Waals surface area contributed by atoms with Crippen LogP contribution < -0.4 is 16.8 Å². The Morgan fingerprint density at radius 1 is 1.19 bits per heavy atom. The van der Waals surface area contributed by atoms with Crippen LogP contribution in [0.1, 0.15) is 46.0 Å². The van der Waals surface area contributed by atoms with Gasteiger partial charge in [-0.15, -0.1) is 0 Å². The zero-order valence-electron chi connectivity index (χ0n) is 13.1. The van der Waals surface area contributed by atoms with Gasteiger partial charge in [-0.2, -0.15) is 0 Å². The summed E-state index contributed by atoms with van der Waals surface area (Å²) in [5.74, 6) is -1.07. The molecule has 0 aliphatic rings. The van der Waals surface area contributed by atoms with E-state index in [4.69, 9.17) is 11.5 Å². The van der Waals surface area contributed by atoms with Gasteiger partial charge in [0.25, 0.3) is 0 Å². The molecule has 0 saturated carbocycles. The lowest BCUT2D eigenvalue weighted by atomic mass is 10.1. The van der Waals surface area contributed by atoms with Crippen molar-refractivity contribution in [3.05, 3.63) is 0 Å². The first-order chi connectivity index (χ1) is 9.96. The summed E-state index contributed by atoms with van der Waals surface area (Å²) < 4.78 is 0. The molecule has 0 aliphatic heterocycles. The van der Waals surface area contributed by atoms with Crippen LogP contribution in [-0.2, 0) is 14.4 Å². The number of nitrogens with zero attached hydrogens (tertiary/aromatic N) is 1. The first-order valence-corrected chi connectivity index (χ1v) is 7.52. The van der Waals surface area contributed by atoms with Crippen molar-refractivity contribution in [2.24, 2.45) is 11.5 Å². The summed E-state index contributed by atoms with van der Waals surface area (Å²) >= 11 is 0. The average molecular weight is 300 g/mol. The minimum absolute atomic E-state index is 0.0958.